The molecule has 2 aromatic rings. The fourth-order valence-electron chi connectivity index (χ4n) is 2.61. The number of nitriles is 1. The van der Waals surface area contributed by atoms with E-state index in [2.05, 4.69) is 24.4 Å². The second-order valence-electron chi connectivity index (χ2n) is 5.25. The number of hydrogen-bond donors (Lipinski definition) is 1. The Bertz CT molecular complexity index is 708. The summed E-state index contributed by atoms with van der Waals surface area (Å²) in [5.41, 5.74) is 2.47. The van der Waals surface area contributed by atoms with E-state index in [1.807, 2.05) is 18.2 Å². The molecule has 0 radical (unpaired) electrons. The third-order valence-corrected chi connectivity index (χ3v) is 3.97. The average Bonchev–Trinajstić information content (AvgIpc) is 2.50. The van der Waals surface area contributed by atoms with E-state index in [0.717, 1.165) is 17.0 Å². The van der Waals surface area contributed by atoms with Gasteiger partial charge in [0.25, 0.3) is 0 Å². The molecule has 1 heterocycles. The van der Waals surface area contributed by atoms with E-state index in [1.54, 1.807) is 18.2 Å². The number of benzene rings is 2. The van der Waals surface area contributed by atoms with Crippen molar-refractivity contribution in [3.8, 4) is 11.8 Å². The number of ether oxygens (including phenoxy) is 1. The molecule has 0 saturated heterocycles. The summed E-state index contributed by atoms with van der Waals surface area (Å²) in [7, 11) is 0. The Morgan fingerprint density at radius 1 is 1.29 bits per heavy atom. The van der Waals surface area contributed by atoms with Gasteiger partial charge in [-0.2, -0.15) is 5.26 Å². The summed E-state index contributed by atoms with van der Waals surface area (Å²) in [6.07, 6.45) is 0. The SMILES string of the molecule is CC1COc2ccccc2C1Nc1cc(Cl)ccc1C#N. The number of halogens is 1. The van der Waals surface area contributed by atoms with Crippen molar-refractivity contribution in [3.05, 3.63) is 58.6 Å². The van der Waals surface area contributed by atoms with Gasteiger partial charge in [0.1, 0.15) is 11.8 Å². The number of hydrogen-bond acceptors (Lipinski definition) is 3. The number of nitrogens with zero attached hydrogens (tertiary/aromatic N) is 1. The first-order valence-corrected chi connectivity index (χ1v) is 7.25. The van der Waals surface area contributed by atoms with Crippen molar-refractivity contribution in [1.82, 2.24) is 0 Å². The highest BCUT2D eigenvalue weighted by Gasteiger charge is 2.28. The van der Waals surface area contributed by atoms with Crippen LogP contribution in [0.15, 0.2) is 42.5 Å². The highest BCUT2D eigenvalue weighted by molar-refractivity contribution is 6.30. The Kier molecular flexibility index (Phi) is 3.72. The quantitative estimate of drug-likeness (QED) is 0.894. The minimum absolute atomic E-state index is 0.0977. The van der Waals surface area contributed by atoms with Gasteiger partial charge in [0.05, 0.1) is 23.9 Å². The van der Waals surface area contributed by atoms with Gasteiger partial charge >= 0.3 is 0 Å². The first kappa shape index (κ1) is 13.8. The molecule has 4 heteroatoms. The van der Waals surface area contributed by atoms with Gasteiger partial charge in [-0.15, -0.1) is 0 Å². The summed E-state index contributed by atoms with van der Waals surface area (Å²) in [4.78, 5) is 0. The van der Waals surface area contributed by atoms with Crippen LogP contribution in [-0.2, 0) is 0 Å². The van der Waals surface area contributed by atoms with Gasteiger partial charge in [0.2, 0.25) is 0 Å². The number of anilines is 1. The third-order valence-electron chi connectivity index (χ3n) is 3.74. The minimum Gasteiger partial charge on any atom is -0.493 e. The molecule has 0 spiro atoms. The van der Waals surface area contributed by atoms with E-state index >= 15 is 0 Å². The largest absolute Gasteiger partial charge is 0.493 e. The second kappa shape index (κ2) is 5.67. The standard InChI is InChI=1S/C17H15ClN2O/c1-11-10-21-16-5-3-2-4-14(16)17(11)20-15-8-13(18)7-6-12(15)9-19/h2-8,11,17,20H,10H2,1H3. The van der Waals surface area contributed by atoms with Crippen molar-refractivity contribution in [3.63, 3.8) is 0 Å². The Hall–Kier alpha value is -2.18. The van der Waals surface area contributed by atoms with Gasteiger partial charge in [-0.3, -0.25) is 0 Å². The summed E-state index contributed by atoms with van der Waals surface area (Å²) in [6, 6.07) is 15.5. The van der Waals surface area contributed by atoms with Crippen LogP contribution >= 0.6 is 11.6 Å². The van der Waals surface area contributed by atoms with Gasteiger partial charge in [0, 0.05) is 16.5 Å². The normalized spacial score (nSPS) is 20.0. The zero-order chi connectivity index (χ0) is 14.8. The van der Waals surface area contributed by atoms with E-state index in [0.29, 0.717) is 23.1 Å². The van der Waals surface area contributed by atoms with Gasteiger partial charge in [-0.05, 0) is 24.3 Å². The first-order chi connectivity index (χ1) is 10.2. The lowest BCUT2D eigenvalue weighted by atomic mass is 9.91. The molecule has 21 heavy (non-hydrogen) atoms. The zero-order valence-electron chi connectivity index (χ0n) is 11.6. The van der Waals surface area contributed by atoms with Gasteiger partial charge < -0.3 is 10.1 Å². The van der Waals surface area contributed by atoms with Gasteiger partial charge in [-0.25, -0.2) is 0 Å². The zero-order valence-corrected chi connectivity index (χ0v) is 12.4. The number of fused-ring (bicyclic) bond motifs is 1. The maximum absolute atomic E-state index is 9.24. The molecule has 0 amide bonds. The average molecular weight is 299 g/mol. The lowest BCUT2D eigenvalue weighted by Gasteiger charge is -2.33. The Morgan fingerprint density at radius 2 is 2.10 bits per heavy atom. The molecule has 106 valence electrons. The van der Waals surface area contributed by atoms with Gasteiger partial charge in [-0.1, -0.05) is 36.7 Å². The Balaban J connectivity index is 1.98. The molecule has 2 atom stereocenters. The van der Waals surface area contributed by atoms with Crippen LogP contribution in [0.2, 0.25) is 5.02 Å². The lowest BCUT2D eigenvalue weighted by molar-refractivity contribution is 0.214. The van der Waals surface area contributed by atoms with Crippen LogP contribution in [0.25, 0.3) is 0 Å². The summed E-state index contributed by atoms with van der Waals surface area (Å²) in [6.45, 7) is 2.78. The van der Waals surface area contributed by atoms with E-state index in [-0.39, 0.29) is 6.04 Å². The van der Waals surface area contributed by atoms with Crippen LogP contribution < -0.4 is 10.1 Å². The Labute approximate surface area is 129 Å². The van der Waals surface area contributed by atoms with Crippen LogP contribution in [0.4, 0.5) is 5.69 Å². The molecule has 0 bridgehead atoms. The molecular formula is C17H15ClN2O. The molecule has 0 aromatic heterocycles. The van der Waals surface area contributed by atoms with Crippen molar-refractivity contribution >= 4 is 17.3 Å². The highest BCUT2D eigenvalue weighted by atomic mass is 35.5. The predicted molar refractivity (Wildman–Crippen MR) is 83.6 cm³/mol. The van der Waals surface area contributed by atoms with E-state index in [9.17, 15) is 5.26 Å². The van der Waals surface area contributed by atoms with Crippen LogP contribution in [0.3, 0.4) is 0 Å². The van der Waals surface area contributed by atoms with Crippen molar-refractivity contribution in [1.29, 1.82) is 5.26 Å². The summed E-state index contributed by atoms with van der Waals surface area (Å²) >= 11 is 6.05. The van der Waals surface area contributed by atoms with Crippen LogP contribution in [0.5, 0.6) is 5.75 Å². The summed E-state index contributed by atoms with van der Waals surface area (Å²) in [5.74, 6) is 1.19. The fourth-order valence-corrected chi connectivity index (χ4v) is 2.79. The van der Waals surface area contributed by atoms with Crippen molar-refractivity contribution < 1.29 is 4.74 Å². The molecule has 3 rings (SSSR count). The predicted octanol–water partition coefficient (Wildman–Crippen LogP) is 4.39. The molecule has 2 unspecified atom stereocenters. The van der Waals surface area contributed by atoms with Crippen LogP contribution in [0.1, 0.15) is 24.1 Å². The van der Waals surface area contributed by atoms with E-state index < -0.39 is 0 Å². The Morgan fingerprint density at radius 3 is 2.90 bits per heavy atom. The second-order valence-corrected chi connectivity index (χ2v) is 5.69. The molecule has 1 aliphatic heterocycles. The molecule has 1 N–H and O–H groups in total. The van der Waals surface area contributed by atoms with Crippen molar-refractivity contribution in [2.75, 3.05) is 11.9 Å². The smallest absolute Gasteiger partial charge is 0.124 e. The maximum Gasteiger partial charge on any atom is 0.124 e. The topological polar surface area (TPSA) is 45.0 Å². The maximum atomic E-state index is 9.24. The number of para-hydroxylation sites is 1. The lowest BCUT2D eigenvalue weighted by Crippen LogP contribution is -2.29. The first-order valence-electron chi connectivity index (χ1n) is 6.87. The fraction of sp³-hybridized carbons (Fsp3) is 0.235. The molecule has 3 nitrogen and oxygen atoms in total. The third kappa shape index (κ3) is 2.68. The molecule has 1 aliphatic rings. The van der Waals surface area contributed by atoms with Gasteiger partial charge in [0.15, 0.2) is 0 Å². The molecule has 0 saturated carbocycles. The monoisotopic (exact) mass is 298 g/mol. The molecular weight excluding hydrogens is 284 g/mol. The summed E-state index contributed by atoms with van der Waals surface area (Å²) in [5, 5.41) is 13.3. The molecule has 0 fully saturated rings. The molecule has 0 aliphatic carbocycles. The van der Waals surface area contributed by atoms with E-state index in [1.165, 1.54) is 0 Å². The minimum atomic E-state index is 0.0977. The number of nitrogens with one attached hydrogen (secondary N) is 1. The number of rotatable bonds is 2. The van der Waals surface area contributed by atoms with Crippen molar-refractivity contribution in [2.24, 2.45) is 5.92 Å². The molecule has 2 aromatic carbocycles. The van der Waals surface area contributed by atoms with Crippen molar-refractivity contribution in [2.45, 2.75) is 13.0 Å². The van der Waals surface area contributed by atoms with E-state index in [4.69, 9.17) is 16.3 Å². The highest BCUT2D eigenvalue weighted by Crippen LogP contribution is 2.38. The van der Waals surface area contributed by atoms with Crippen LogP contribution in [-0.4, -0.2) is 6.61 Å². The van der Waals surface area contributed by atoms with Crippen LogP contribution in [0, 0.1) is 17.2 Å². The summed E-state index contributed by atoms with van der Waals surface area (Å²) < 4.78 is 5.75.